The lowest BCUT2D eigenvalue weighted by Gasteiger charge is -2.02. The molecule has 0 saturated carbocycles. The number of esters is 1. The van der Waals surface area contributed by atoms with Gasteiger partial charge in [-0.3, -0.25) is 9.78 Å². The monoisotopic (exact) mass is 314 g/mol. The van der Waals surface area contributed by atoms with E-state index in [-0.39, 0.29) is 11.5 Å². The number of ether oxygens (including phenoxy) is 1. The van der Waals surface area contributed by atoms with Crippen LogP contribution in [-0.2, 0) is 11.2 Å². The van der Waals surface area contributed by atoms with Gasteiger partial charge in [-0.2, -0.15) is 5.10 Å². The Morgan fingerprint density at radius 1 is 1.39 bits per heavy atom. The number of nitrogens with zero attached hydrogens (tertiary/aromatic N) is 2. The maximum atomic E-state index is 11.5. The predicted molar refractivity (Wildman–Crippen MR) is 87.9 cm³/mol. The topological polar surface area (TPSA) is 96.4 Å². The molecule has 2 rings (SSSR count). The molecular formula is C16H18N4O3. The summed E-state index contributed by atoms with van der Waals surface area (Å²) in [6, 6.07) is 8.25. The lowest BCUT2D eigenvalue weighted by atomic mass is 10.1. The molecule has 0 spiro atoms. The van der Waals surface area contributed by atoms with Crippen molar-refractivity contribution in [2.75, 3.05) is 12.5 Å². The summed E-state index contributed by atoms with van der Waals surface area (Å²) in [7, 11) is 1.34. The second-order valence-electron chi connectivity index (χ2n) is 4.82. The molecule has 0 aliphatic rings. The van der Waals surface area contributed by atoms with Crippen LogP contribution >= 0.6 is 0 Å². The SMILES string of the molecule is CCCc1cc(=O)[nH]c(N/N=C\c2ccc(C(=O)OC)cc2)n1. The maximum absolute atomic E-state index is 11.5. The fourth-order valence-corrected chi connectivity index (χ4v) is 1.94. The van der Waals surface area contributed by atoms with Gasteiger partial charge in [-0.1, -0.05) is 25.5 Å². The summed E-state index contributed by atoms with van der Waals surface area (Å²) in [5.41, 5.74) is 4.45. The highest BCUT2D eigenvalue weighted by molar-refractivity contribution is 5.90. The summed E-state index contributed by atoms with van der Waals surface area (Å²) < 4.78 is 4.63. The Balaban J connectivity index is 2.04. The molecule has 0 bridgehead atoms. The van der Waals surface area contributed by atoms with E-state index >= 15 is 0 Å². The van der Waals surface area contributed by atoms with Crippen molar-refractivity contribution in [1.82, 2.24) is 9.97 Å². The highest BCUT2D eigenvalue weighted by Crippen LogP contribution is 2.04. The van der Waals surface area contributed by atoms with E-state index in [1.54, 1.807) is 30.5 Å². The van der Waals surface area contributed by atoms with Crippen LogP contribution in [0, 0.1) is 0 Å². The van der Waals surface area contributed by atoms with Crippen molar-refractivity contribution in [3.63, 3.8) is 0 Å². The number of aromatic amines is 1. The average molecular weight is 314 g/mol. The Kier molecular flexibility index (Phi) is 5.62. The van der Waals surface area contributed by atoms with E-state index in [4.69, 9.17) is 0 Å². The number of hydrazone groups is 1. The zero-order valence-corrected chi connectivity index (χ0v) is 13.0. The van der Waals surface area contributed by atoms with Gasteiger partial charge in [0.05, 0.1) is 18.9 Å². The zero-order valence-electron chi connectivity index (χ0n) is 13.0. The number of hydrogen-bond donors (Lipinski definition) is 2. The summed E-state index contributed by atoms with van der Waals surface area (Å²) in [4.78, 5) is 29.7. The van der Waals surface area contributed by atoms with Crippen molar-refractivity contribution < 1.29 is 9.53 Å². The number of carbonyl (C=O) groups is 1. The van der Waals surface area contributed by atoms with Gasteiger partial charge in [0, 0.05) is 11.8 Å². The van der Waals surface area contributed by atoms with Crippen molar-refractivity contribution in [2.24, 2.45) is 5.10 Å². The number of H-pyrrole nitrogens is 1. The van der Waals surface area contributed by atoms with Crippen LogP contribution < -0.4 is 11.0 Å². The number of rotatable bonds is 6. The zero-order chi connectivity index (χ0) is 16.7. The molecule has 0 radical (unpaired) electrons. The third-order valence-electron chi connectivity index (χ3n) is 3.02. The van der Waals surface area contributed by atoms with Crippen LogP contribution in [0.2, 0.25) is 0 Å². The average Bonchev–Trinajstić information content (AvgIpc) is 2.54. The Labute approximate surface area is 133 Å². The number of methoxy groups -OCH3 is 1. The summed E-state index contributed by atoms with van der Waals surface area (Å²) in [5, 5.41) is 4.03. The van der Waals surface area contributed by atoms with Crippen molar-refractivity contribution in [2.45, 2.75) is 19.8 Å². The molecule has 0 aliphatic carbocycles. The van der Waals surface area contributed by atoms with E-state index in [1.807, 2.05) is 6.92 Å². The molecular weight excluding hydrogens is 296 g/mol. The van der Waals surface area contributed by atoms with Crippen molar-refractivity contribution >= 4 is 18.1 Å². The fourth-order valence-electron chi connectivity index (χ4n) is 1.94. The number of aryl methyl sites for hydroxylation is 1. The van der Waals surface area contributed by atoms with E-state index in [1.165, 1.54) is 13.2 Å². The van der Waals surface area contributed by atoms with E-state index in [0.717, 1.165) is 24.1 Å². The van der Waals surface area contributed by atoms with Crippen LogP contribution in [-0.4, -0.2) is 29.3 Å². The maximum Gasteiger partial charge on any atom is 0.337 e. The highest BCUT2D eigenvalue weighted by atomic mass is 16.5. The minimum atomic E-state index is -0.388. The van der Waals surface area contributed by atoms with Crippen LogP contribution in [0.15, 0.2) is 40.2 Å². The number of carbonyl (C=O) groups excluding carboxylic acids is 1. The number of aromatic nitrogens is 2. The minimum Gasteiger partial charge on any atom is -0.465 e. The molecule has 1 heterocycles. The van der Waals surface area contributed by atoms with Gasteiger partial charge in [-0.05, 0) is 24.1 Å². The first-order valence-electron chi connectivity index (χ1n) is 7.20. The summed E-state index contributed by atoms with van der Waals surface area (Å²) in [6.45, 7) is 2.02. The lowest BCUT2D eigenvalue weighted by molar-refractivity contribution is 0.0600. The van der Waals surface area contributed by atoms with Crippen molar-refractivity contribution in [1.29, 1.82) is 0 Å². The molecule has 1 aromatic heterocycles. The first-order valence-corrected chi connectivity index (χ1v) is 7.20. The molecule has 0 atom stereocenters. The third kappa shape index (κ3) is 4.77. The largest absolute Gasteiger partial charge is 0.465 e. The van der Waals surface area contributed by atoms with E-state index < -0.39 is 0 Å². The summed E-state index contributed by atoms with van der Waals surface area (Å²) >= 11 is 0. The van der Waals surface area contributed by atoms with Gasteiger partial charge in [0.15, 0.2) is 0 Å². The summed E-state index contributed by atoms with van der Waals surface area (Å²) in [6.07, 6.45) is 3.20. The van der Waals surface area contributed by atoms with Gasteiger partial charge in [-0.15, -0.1) is 0 Å². The van der Waals surface area contributed by atoms with Gasteiger partial charge in [-0.25, -0.2) is 15.2 Å². The van der Waals surface area contributed by atoms with Crippen molar-refractivity contribution in [3.8, 4) is 0 Å². The van der Waals surface area contributed by atoms with E-state index in [0.29, 0.717) is 11.5 Å². The quantitative estimate of drug-likeness (QED) is 0.482. The molecule has 0 aliphatic heterocycles. The van der Waals surface area contributed by atoms with Gasteiger partial charge in [0.1, 0.15) is 0 Å². The molecule has 7 heteroatoms. The van der Waals surface area contributed by atoms with Crippen LogP contribution in [0.4, 0.5) is 5.95 Å². The molecule has 1 aromatic carbocycles. The molecule has 0 amide bonds. The number of nitrogens with one attached hydrogen (secondary N) is 2. The molecule has 0 fully saturated rings. The molecule has 0 unspecified atom stereocenters. The van der Waals surface area contributed by atoms with E-state index in [9.17, 15) is 9.59 Å². The molecule has 120 valence electrons. The molecule has 0 saturated heterocycles. The Morgan fingerprint density at radius 3 is 2.78 bits per heavy atom. The first-order chi connectivity index (χ1) is 11.1. The van der Waals surface area contributed by atoms with Crippen molar-refractivity contribution in [3.05, 3.63) is 57.5 Å². The standard InChI is InChI=1S/C16H18N4O3/c1-3-4-13-9-14(21)19-16(18-13)20-17-10-11-5-7-12(8-6-11)15(22)23-2/h5-10H,3-4H2,1-2H3,(H2,18,19,20,21)/b17-10-. The van der Waals surface area contributed by atoms with Gasteiger partial charge in [0.2, 0.25) is 5.95 Å². The Hall–Kier alpha value is -2.96. The fraction of sp³-hybridized carbons (Fsp3) is 0.250. The Bertz CT molecular complexity index is 751. The molecule has 7 nitrogen and oxygen atoms in total. The van der Waals surface area contributed by atoms with Crippen LogP contribution in [0.3, 0.4) is 0 Å². The normalized spacial score (nSPS) is 10.7. The molecule has 2 aromatic rings. The van der Waals surface area contributed by atoms with Gasteiger partial charge in [0.25, 0.3) is 5.56 Å². The third-order valence-corrected chi connectivity index (χ3v) is 3.02. The first kappa shape index (κ1) is 16.4. The number of benzene rings is 1. The lowest BCUT2D eigenvalue weighted by Crippen LogP contribution is -2.12. The highest BCUT2D eigenvalue weighted by Gasteiger charge is 2.03. The smallest absolute Gasteiger partial charge is 0.337 e. The Morgan fingerprint density at radius 2 is 2.13 bits per heavy atom. The van der Waals surface area contributed by atoms with Gasteiger partial charge < -0.3 is 4.74 Å². The summed E-state index contributed by atoms with van der Waals surface area (Å²) in [5.74, 6) is -0.0930. The van der Waals surface area contributed by atoms with Crippen LogP contribution in [0.25, 0.3) is 0 Å². The second-order valence-corrected chi connectivity index (χ2v) is 4.82. The number of hydrogen-bond acceptors (Lipinski definition) is 6. The van der Waals surface area contributed by atoms with Crippen LogP contribution in [0.1, 0.15) is 35.0 Å². The second kappa shape index (κ2) is 7.88. The van der Waals surface area contributed by atoms with E-state index in [2.05, 4.69) is 25.2 Å². The number of anilines is 1. The molecule has 23 heavy (non-hydrogen) atoms. The minimum absolute atomic E-state index is 0.219. The molecule has 2 N–H and O–H groups in total. The van der Waals surface area contributed by atoms with Crippen LogP contribution in [0.5, 0.6) is 0 Å². The predicted octanol–water partition coefficient (Wildman–Crippen LogP) is 1.95. The van der Waals surface area contributed by atoms with Gasteiger partial charge >= 0.3 is 5.97 Å².